The minimum Gasteiger partial charge on any atom is -0.417 e. The van der Waals surface area contributed by atoms with Crippen LogP contribution in [0.1, 0.15) is 48.0 Å². The lowest BCUT2D eigenvalue weighted by Crippen LogP contribution is -2.46. The van der Waals surface area contributed by atoms with Crippen LogP contribution in [0.2, 0.25) is 18.1 Å². The lowest BCUT2D eigenvalue weighted by Gasteiger charge is -2.44. The third kappa shape index (κ3) is 3.72. The Morgan fingerprint density at radius 1 is 1.26 bits per heavy atom. The van der Waals surface area contributed by atoms with Gasteiger partial charge in [-0.25, -0.2) is 0 Å². The van der Waals surface area contributed by atoms with Crippen molar-refractivity contribution in [3.8, 4) is 0 Å². The fraction of sp³-hybridized carbons (Fsp3) is 0.882. The van der Waals surface area contributed by atoms with E-state index >= 15 is 0 Å². The minimum absolute atomic E-state index is 0.326. The molecule has 1 aliphatic carbocycles. The second-order valence-electron chi connectivity index (χ2n) is 7.84. The molecule has 0 N–H and O–H groups in total. The molecule has 112 valence electrons. The molecule has 0 heterocycles. The van der Waals surface area contributed by atoms with Gasteiger partial charge in [-0.2, -0.15) is 0 Å². The highest BCUT2D eigenvalue weighted by Crippen LogP contribution is 2.45. The summed E-state index contributed by atoms with van der Waals surface area (Å²) in [6.45, 7) is 19.9. The Bertz CT molecular complexity index is 317. The second-order valence-corrected chi connectivity index (χ2v) is 12.4. The second kappa shape index (κ2) is 6.13. The first kappa shape index (κ1) is 17.0. The third-order valence-corrected chi connectivity index (χ3v) is 10.7. The Morgan fingerprint density at radius 3 is 2.37 bits per heavy atom. The van der Waals surface area contributed by atoms with Crippen LogP contribution in [0.5, 0.6) is 0 Å². The molecule has 19 heavy (non-hydrogen) atoms. The first-order valence-corrected chi connectivity index (χ1v) is 10.8. The summed E-state index contributed by atoms with van der Waals surface area (Å²) in [6.07, 6.45) is 5.90. The molecular weight excluding hydrogens is 248 g/mol. The average molecular weight is 283 g/mol. The van der Waals surface area contributed by atoms with E-state index in [2.05, 4.69) is 66.8 Å². The quantitative estimate of drug-likeness (QED) is 0.478. The van der Waals surface area contributed by atoms with Crippen LogP contribution >= 0.6 is 0 Å². The van der Waals surface area contributed by atoms with Crippen LogP contribution in [0, 0.1) is 23.7 Å². The van der Waals surface area contributed by atoms with Crippen molar-refractivity contribution in [3.63, 3.8) is 0 Å². The van der Waals surface area contributed by atoms with E-state index in [1.165, 1.54) is 6.42 Å². The summed E-state index contributed by atoms with van der Waals surface area (Å²) < 4.78 is 6.52. The highest BCUT2D eigenvalue weighted by atomic mass is 28.4. The van der Waals surface area contributed by atoms with E-state index in [4.69, 9.17) is 4.43 Å². The van der Waals surface area contributed by atoms with Gasteiger partial charge in [0.15, 0.2) is 8.32 Å². The van der Waals surface area contributed by atoms with Crippen molar-refractivity contribution in [2.45, 2.75) is 66.1 Å². The maximum Gasteiger partial charge on any atom is 0.192 e. The zero-order valence-corrected chi connectivity index (χ0v) is 15.3. The summed E-state index contributed by atoms with van der Waals surface area (Å²) in [4.78, 5) is 0. The molecule has 0 fully saturated rings. The number of hydrogen-bond acceptors (Lipinski definition) is 1. The topological polar surface area (TPSA) is 9.23 Å². The van der Waals surface area contributed by atoms with Gasteiger partial charge < -0.3 is 4.43 Å². The lowest BCUT2D eigenvalue weighted by molar-refractivity contribution is 0.158. The van der Waals surface area contributed by atoms with Gasteiger partial charge in [-0.1, -0.05) is 53.7 Å². The summed E-state index contributed by atoms with van der Waals surface area (Å²) >= 11 is 0. The maximum atomic E-state index is 6.52. The van der Waals surface area contributed by atoms with Crippen LogP contribution in [0.4, 0.5) is 0 Å². The van der Waals surface area contributed by atoms with Gasteiger partial charge in [-0.3, -0.25) is 0 Å². The highest BCUT2D eigenvalue weighted by Gasteiger charge is 2.43. The van der Waals surface area contributed by atoms with Crippen LogP contribution in [-0.2, 0) is 4.43 Å². The van der Waals surface area contributed by atoms with Gasteiger partial charge in [0, 0.05) is 6.61 Å². The molecule has 3 atom stereocenters. The average Bonchev–Trinajstić information content (AvgIpc) is 2.30. The summed E-state index contributed by atoms with van der Waals surface area (Å²) in [5.74, 6) is 2.83. The first-order chi connectivity index (χ1) is 8.59. The van der Waals surface area contributed by atoms with Gasteiger partial charge >= 0.3 is 0 Å². The Labute approximate surface area is 122 Å². The van der Waals surface area contributed by atoms with Gasteiger partial charge in [0.05, 0.1) is 0 Å². The smallest absolute Gasteiger partial charge is 0.192 e. The van der Waals surface area contributed by atoms with E-state index in [9.17, 15) is 0 Å². The van der Waals surface area contributed by atoms with Gasteiger partial charge in [0.25, 0.3) is 0 Å². The fourth-order valence-corrected chi connectivity index (χ4v) is 5.10. The van der Waals surface area contributed by atoms with E-state index in [-0.39, 0.29) is 0 Å². The Hall–Kier alpha value is -0.0831. The van der Waals surface area contributed by atoms with Crippen molar-refractivity contribution in [2.24, 2.45) is 23.7 Å². The van der Waals surface area contributed by atoms with Crippen molar-refractivity contribution >= 4 is 8.32 Å². The molecule has 0 aromatic carbocycles. The molecule has 1 nitrogen and oxygen atoms in total. The molecule has 0 saturated carbocycles. The van der Waals surface area contributed by atoms with Gasteiger partial charge in [0.1, 0.15) is 0 Å². The van der Waals surface area contributed by atoms with Crippen LogP contribution < -0.4 is 0 Å². The minimum atomic E-state index is -1.65. The molecule has 0 aromatic rings. The van der Waals surface area contributed by atoms with Crippen molar-refractivity contribution in [1.29, 1.82) is 0 Å². The molecule has 0 saturated heterocycles. The van der Waals surface area contributed by atoms with Crippen LogP contribution in [0.3, 0.4) is 0 Å². The number of hydrogen-bond donors (Lipinski definition) is 0. The van der Waals surface area contributed by atoms with E-state index in [1.54, 1.807) is 0 Å². The van der Waals surface area contributed by atoms with E-state index in [1.807, 2.05) is 0 Å². The van der Waals surface area contributed by atoms with Crippen LogP contribution in [-0.4, -0.2) is 14.9 Å². The molecule has 2 heteroatoms. The predicted octanol–water partition coefficient (Wildman–Crippen LogP) is 5.49. The standard InChI is InChI=1S/C17H34OSi/c1-13(2)17(5,6)19(7,8)18-12-16-11-9-10-14(3)15(16)4/h9-10,13-16H,11-12H2,1-8H3. The van der Waals surface area contributed by atoms with E-state index in [0.29, 0.717) is 22.8 Å². The van der Waals surface area contributed by atoms with Crippen molar-refractivity contribution < 1.29 is 4.43 Å². The fourth-order valence-electron chi connectivity index (χ4n) is 2.70. The maximum absolute atomic E-state index is 6.52. The number of rotatable bonds is 5. The molecule has 0 aromatic heterocycles. The summed E-state index contributed by atoms with van der Waals surface area (Å²) in [5, 5.41) is 0.326. The Balaban J connectivity index is 2.63. The van der Waals surface area contributed by atoms with E-state index in [0.717, 1.165) is 12.5 Å². The third-order valence-electron chi connectivity index (χ3n) is 6.10. The van der Waals surface area contributed by atoms with Gasteiger partial charge in [0.2, 0.25) is 0 Å². The molecule has 0 spiro atoms. The van der Waals surface area contributed by atoms with E-state index < -0.39 is 8.32 Å². The van der Waals surface area contributed by atoms with Crippen molar-refractivity contribution in [2.75, 3.05) is 6.61 Å². The zero-order chi connectivity index (χ0) is 14.8. The predicted molar refractivity (Wildman–Crippen MR) is 87.9 cm³/mol. The summed E-state index contributed by atoms with van der Waals surface area (Å²) in [7, 11) is -1.65. The molecule has 0 bridgehead atoms. The van der Waals surface area contributed by atoms with Crippen molar-refractivity contribution in [1.82, 2.24) is 0 Å². The molecule has 0 amide bonds. The molecular formula is C17H34OSi. The SMILES string of the molecule is CC1C=CCC(CO[Si](C)(C)C(C)(C)C(C)C)C1C. The Kier molecular flexibility index (Phi) is 5.48. The monoisotopic (exact) mass is 282 g/mol. The zero-order valence-electron chi connectivity index (χ0n) is 14.3. The highest BCUT2D eigenvalue weighted by molar-refractivity contribution is 6.74. The van der Waals surface area contributed by atoms with Gasteiger partial charge in [-0.05, 0) is 48.2 Å². The summed E-state index contributed by atoms with van der Waals surface area (Å²) in [5.41, 5.74) is 0. The largest absolute Gasteiger partial charge is 0.417 e. The molecule has 1 aliphatic rings. The summed E-state index contributed by atoms with van der Waals surface area (Å²) in [6, 6.07) is 0. The van der Waals surface area contributed by atoms with Gasteiger partial charge in [-0.15, -0.1) is 0 Å². The first-order valence-electron chi connectivity index (χ1n) is 7.90. The van der Waals surface area contributed by atoms with Crippen LogP contribution in [0.15, 0.2) is 12.2 Å². The number of allylic oxidation sites excluding steroid dienone is 2. The van der Waals surface area contributed by atoms with Crippen LogP contribution in [0.25, 0.3) is 0 Å². The molecule has 1 rings (SSSR count). The normalized spacial score (nSPS) is 29.0. The Morgan fingerprint density at radius 2 is 1.84 bits per heavy atom. The lowest BCUT2D eigenvalue weighted by atomic mass is 9.78. The molecule has 0 radical (unpaired) electrons. The van der Waals surface area contributed by atoms with Crippen molar-refractivity contribution in [3.05, 3.63) is 12.2 Å². The molecule has 3 unspecified atom stereocenters. The molecule has 0 aliphatic heterocycles.